The van der Waals surface area contributed by atoms with Gasteiger partial charge in [-0.1, -0.05) is 39.3 Å². The number of amides is 1. The largest absolute Gasteiger partial charge is 0.370 e. The van der Waals surface area contributed by atoms with Gasteiger partial charge in [-0.25, -0.2) is 0 Å². The molecule has 0 spiro atoms. The van der Waals surface area contributed by atoms with Gasteiger partial charge in [0.2, 0.25) is 5.91 Å². The van der Waals surface area contributed by atoms with Gasteiger partial charge in [-0.3, -0.25) is 4.79 Å². The van der Waals surface area contributed by atoms with E-state index in [-0.39, 0.29) is 5.91 Å². The summed E-state index contributed by atoms with van der Waals surface area (Å²) in [6, 6.07) is 0. The van der Waals surface area contributed by atoms with E-state index in [1.54, 1.807) is 0 Å². The van der Waals surface area contributed by atoms with Gasteiger partial charge in [-0.2, -0.15) is 0 Å². The van der Waals surface area contributed by atoms with Crippen molar-refractivity contribution in [3.05, 3.63) is 12.2 Å². The van der Waals surface area contributed by atoms with Crippen LogP contribution >= 0.6 is 0 Å². The van der Waals surface area contributed by atoms with Crippen LogP contribution in [0.25, 0.3) is 0 Å². The fourth-order valence-electron chi connectivity index (χ4n) is 1.33. The molecule has 0 aliphatic heterocycles. The Morgan fingerprint density at radius 3 is 2.20 bits per heavy atom. The molecule has 0 aliphatic carbocycles. The van der Waals surface area contributed by atoms with E-state index in [2.05, 4.69) is 32.9 Å². The van der Waals surface area contributed by atoms with Crippen molar-refractivity contribution in [3.63, 3.8) is 0 Å². The number of nitrogens with two attached hydrogens (primary N) is 1. The van der Waals surface area contributed by atoms with Crippen LogP contribution in [-0.4, -0.2) is 5.91 Å². The van der Waals surface area contributed by atoms with E-state index < -0.39 is 0 Å². The van der Waals surface area contributed by atoms with Crippen LogP contribution in [0.5, 0.6) is 0 Å². The molecule has 0 rings (SSSR count). The van der Waals surface area contributed by atoms with Gasteiger partial charge in [-0.05, 0) is 31.1 Å². The lowest BCUT2D eigenvalue weighted by Crippen LogP contribution is -2.11. The van der Waals surface area contributed by atoms with Crippen LogP contribution in [0.2, 0.25) is 0 Å². The summed E-state index contributed by atoms with van der Waals surface area (Å²) in [6.07, 6.45) is 9.38. The molecule has 2 heteroatoms. The first kappa shape index (κ1) is 14.2. The first-order chi connectivity index (χ1) is 7.06. The molecular weight excluding hydrogens is 186 g/mol. The Morgan fingerprint density at radius 2 is 1.73 bits per heavy atom. The van der Waals surface area contributed by atoms with Gasteiger partial charge < -0.3 is 5.73 Å². The Bertz CT molecular complexity index is 199. The van der Waals surface area contributed by atoms with E-state index in [1.165, 1.54) is 12.8 Å². The predicted molar refractivity (Wildman–Crippen MR) is 65.4 cm³/mol. The Kier molecular flexibility index (Phi) is 8.06. The third-order valence-corrected chi connectivity index (χ3v) is 2.82. The zero-order valence-corrected chi connectivity index (χ0v) is 10.3. The zero-order valence-electron chi connectivity index (χ0n) is 10.3. The third kappa shape index (κ3) is 9.51. The highest BCUT2D eigenvalue weighted by Crippen LogP contribution is 2.12. The van der Waals surface area contributed by atoms with Gasteiger partial charge in [0.15, 0.2) is 0 Å². The van der Waals surface area contributed by atoms with Gasteiger partial charge in [0.25, 0.3) is 0 Å². The molecular formula is C13H25NO. The maximum Gasteiger partial charge on any atom is 0.217 e. The summed E-state index contributed by atoms with van der Waals surface area (Å²) >= 11 is 0. The molecule has 0 aromatic heterocycles. The predicted octanol–water partition coefficient (Wildman–Crippen LogP) is 3.27. The summed E-state index contributed by atoms with van der Waals surface area (Å²) < 4.78 is 0. The van der Waals surface area contributed by atoms with Crippen molar-refractivity contribution >= 4 is 5.91 Å². The maximum absolute atomic E-state index is 10.6. The molecule has 0 aromatic rings. The van der Waals surface area contributed by atoms with Crippen molar-refractivity contribution in [1.82, 2.24) is 0 Å². The Balaban J connectivity index is 3.52. The summed E-state index contributed by atoms with van der Waals surface area (Å²) in [6.45, 7) is 6.64. The lowest BCUT2D eigenvalue weighted by atomic mass is 10.00. The first-order valence-electron chi connectivity index (χ1n) is 5.99. The van der Waals surface area contributed by atoms with Crippen LogP contribution in [0.15, 0.2) is 12.2 Å². The lowest BCUT2D eigenvalue weighted by molar-refractivity contribution is -0.118. The number of rotatable bonds is 8. The monoisotopic (exact) mass is 211 g/mol. The Hall–Kier alpha value is -0.790. The second kappa shape index (κ2) is 8.51. The highest BCUT2D eigenvalue weighted by molar-refractivity contribution is 5.73. The van der Waals surface area contributed by atoms with Crippen molar-refractivity contribution < 1.29 is 4.79 Å². The highest BCUT2D eigenvalue weighted by atomic mass is 16.1. The van der Waals surface area contributed by atoms with Gasteiger partial charge in [0.05, 0.1) is 0 Å². The molecule has 2 N–H and O–H groups in total. The fourth-order valence-corrected chi connectivity index (χ4v) is 1.33. The minimum Gasteiger partial charge on any atom is -0.370 e. The van der Waals surface area contributed by atoms with Gasteiger partial charge in [0.1, 0.15) is 0 Å². The number of hydrogen-bond acceptors (Lipinski definition) is 1. The number of carbonyl (C=O) groups excluding carboxylic acids is 1. The third-order valence-electron chi connectivity index (χ3n) is 2.82. The van der Waals surface area contributed by atoms with Gasteiger partial charge in [0, 0.05) is 6.42 Å². The molecule has 0 bridgehead atoms. The summed E-state index contributed by atoms with van der Waals surface area (Å²) in [5.41, 5.74) is 5.10. The van der Waals surface area contributed by atoms with Crippen molar-refractivity contribution in [2.24, 2.45) is 17.6 Å². The van der Waals surface area contributed by atoms with Crippen LogP contribution < -0.4 is 5.73 Å². The summed E-state index contributed by atoms with van der Waals surface area (Å²) in [7, 11) is 0. The number of primary amides is 1. The van der Waals surface area contributed by atoms with E-state index >= 15 is 0 Å². The topological polar surface area (TPSA) is 43.1 Å². The average Bonchev–Trinajstić information content (AvgIpc) is 2.21. The molecule has 2 unspecified atom stereocenters. The van der Waals surface area contributed by atoms with E-state index in [0.717, 1.165) is 18.8 Å². The van der Waals surface area contributed by atoms with E-state index in [4.69, 9.17) is 5.73 Å². The SMILES string of the molecule is CCC(C)C/C=C/CC(C)CCC(N)=O. The van der Waals surface area contributed by atoms with Crippen LogP contribution in [0.4, 0.5) is 0 Å². The molecule has 0 heterocycles. The Morgan fingerprint density at radius 1 is 1.20 bits per heavy atom. The van der Waals surface area contributed by atoms with Crippen LogP contribution in [0, 0.1) is 11.8 Å². The fraction of sp³-hybridized carbons (Fsp3) is 0.769. The normalized spacial score (nSPS) is 15.4. The van der Waals surface area contributed by atoms with Crippen molar-refractivity contribution in [1.29, 1.82) is 0 Å². The second-order valence-electron chi connectivity index (χ2n) is 4.57. The van der Waals surface area contributed by atoms with Crippen molar-refractivity contribution in [3.8, 4) is 0 Å². The van der Waals surface area contributed by atoms with E-state index in [1.807, 2.05) is 0 Å². The molecule has 15 heavy (non-hydrogen) atoms. The van der Waals surface area contributed by atoms with Crippen molar-refractivity contribution in [2.45, 2.75) is 52.9 Å². The minimum absolute atomic E-state index is 0.189. The van der Waals surface area contributed by atoms with Gasteiger partial charge in [-0.15, -0.1) is 0 Å². The van der Waals surface area contributed by atoms with E-state index in [9.17, 15) is 4.79 Å². The smallest absolute Gasteiger partial charge is 0.217 e. The average molecular weight is 211 g/mol. The second-order valence-corrected chi connectivity index (χ2v) is 4.57. The molecule has 0 radical (unpaired) electrons. The quantitative estimate of drug-likeness (QED) is 0.615. The molecule has 0 saturated carbocycles. The van der Waals surface area contributed by atoms with Crippen LogP contribution in [-0.2, 0) is 4.79 Å². The summed E-state index contributed by atoms with van der Waals surface area (Å²) in [5, 5.41) is 0. The molecule has 0 aromatic carbocycles. The number of allylic oxidation sites excluding steroid dienone is 2. The molecule has 88 valence electrons. The van der Waals surface area contributed by atoms with Gasteiger partial charge >= 0.3 is 0 Å². The van der Waals surface area contributed by atoms with Crippen molar-refractivity contribution in [2.75, 3.05) is 0 Å². The highest BCUT2D eigenvalue weighted by Gasteiger charge is 2.02. The molecule has 0 fully saturated rings. The summed E-state index contributed by atoms with van der Waals surface area (Å²) in [5.74, 6) is 1.15. The minimum atomic E-state index is -0.189. The Labute approximate surface area is 93.9 Å². The number of carbonyl (C=O) groups is 1. The molecule has 1 amide bonds. The zero-order chi connectivity index (χ0) is 11.7. The first-order valence-corrected chi connectivity index (χ1v) is 5.99. The molecule has 2 atom stereocenters. The lowest BCUT2D eigenvalue weighted by Gasteiger charge is -2.07. The van der Waals surface area contributed by atoms with Crippen LogP contribution in [0.1, 0.15) is 52.9 Å². The van der Waals surface area contributed by atoms with E-state index in [0.29, 0.717) is 12.3 Å². The maximum atomic E-state index is 10.6. The standard InChI is InChI=1S/C13H25NO/c1-4-11(2)7-5-6-8-12(3)9-10-13(14)15/h5-6,11-12H,4,7-10H2,1-3H3,(H2,14,15)/b6-5+. The molecule has 0 aliphatic rings. The summed E-state index contributed by atoms with van der Waals surface area (Å²) in [4.78, 5) is 10.6. The molecule has 0 saturated heterocycles. The van der Waals surface area contributed by atoms with Crippen LogP contribution in [0.3, 0.4) is 0 Å². The number of hydrogen-bond donors (Lipinski definition) is 1. The molecule has 2 nitrogen and oxygen atoms in total.